The molecule has 0 heterocycles. The van der Waals surface area contributed by atoms with Crippen molar-refractivity contribution in [1.82, 2.24) is 0 Å². The quantitative estimate of drug-likeness (QED) is 0.745. The fourth-order valence-electron chi connectivity index (χ4n) is 1.65. The van der Waals surface area contributed by atoms with Crippen molar-refractivity contribution in [1.29, 1.82) is 0 Å². The summed E-state index contributed by atoms with van der Waals surface area (Å²) < 4.78 is 75.0. The molecule has 0 aromatic heterocycles. The Morgan fingerprint density at radius 3 is 2.00 bits per heavy atom. The molecule has 0 amide bonds. The number of rotatable bonds is 3. The van der Waals surface area contributed by atoms with Gasteiger partial charge in [0, 0.05) is 15.9 Å². The molecule has 0 saturated heterocycles. The molecule has 1 aromatic carbocycles. The maximum atomic E-state index is 12.4. The third-order valence-corrected chi connectivity index (χ3v) is 3.38. The second-order valence-corrected chi connectivity index (χ2v) is 5.39. The normalized spacial score (nSPS) is 14.7. The Kier molecular flexibility index (Phi) is 5.37. The summed E-state index contributed by atoms with van der Waals surface area (Å²) in [5.41, 5.74) is 0.000802. The molecular weight excluding hydrogens is 377 g/mol. The fourth-order valence-corrected chi connectivity index (χ4v) is 2.40. The zero-order chi connectivity index (χ0) is 15.7. The minimum absolute atomic E-state index is 0.000802. The van der Waals surface area contributed by atoms with E-state index in [0.29, 0.717) is 4.47 Å². The van der Waals surface area contributed by atoms with Crippen LogP contribution in [-0.4, -0.2) is 23.6 Å². The highest BCUT2D eigenvalue weighted by Crippen LogP contribution is 2.42. The molecule has 0 radical (unpaired) electrons. The van der Waals surface area contributed by atoms with Crippen LogP contribution in [-0.2, 0) is 6.42 Å². The molecule has 0 saturated carbocycles. The third-order valence-electron chi connectivity index (χ3n) is 2.53. The first-order valence-corrected chi connectivity index (χ1v) is 6.35. The summed E-state index contributed by atoms with van der Waals surface area (Å²) >= 11 is 8.75. The summed E-state index contributed by atoms with van der Waals surface area (Å²) in [5, 5.41) is 9.29. The van der Waals surface area contributed by atoms with E-state index in [2.05, 4.69) is 15.9 Å². The third kappa shape index (κ3) is 4.53. The van der Waals surface area contributed by atoms with Crippen LogP contribution in [0.3, 0.4) is 0 Å². The molecule has 0 spiro atoms. The monoisotopic (exact) mass is 384 g/mol. The Labute approximate surface area is 123 Å². The van der Waals surface area contributed by atoms with Crippen molar-refractivity contribution in [2.24, 2.45) is 5.92 Å². The number of benzene rings is 1. The average molecular weight is 386 g/mol. The van der Waals surface area contributed by atoms with Gasteiger partial charge in [-0.25, -0.2) is 0 Å². The summed E-state index contributed by atoms with van der Waals surface area (Å²) in [6.07, 6.45) is -14.7. The van der Waals surface area contributed by atoms with E-state index in [0.717, 1.165) is 0 Å². The molecular formula is C11H8BrClF6O. The minimum Gasteiger partial charge on any atom is -0.392 e. The average Bonchev–Trinajstić information content (AvgIpc) is 2.17. The van der Waals surface area contributed by atoms with Gasteiger partial charge >= 0.3 is 12.4 Å². The first-order chi connectivity index (χ1) is 8.93. The van der Waals surface area contributed by atoms with Crippen LogP contribution in [0, 0.1) is 5.92 Å². The van der Waals surface area contributed by atoms with Crippen molar-refractivity contribution in [3.05, 3.63) is 33.3 Å². The van der Waals surface area contributed by atoms with Gasteiger partial charge in [0.25, 0.3) is 0 Å². The van der Waals surface area contributed by atoms with Crippen molar-refractivity contribution >= 4 is 27.5 Å². The first-order valence-electron chi connectivity index (χ1n) is 5.18. The standard InChI is InChI=1S/C11H8BrClF6O/c12-6-2-1-5(7(13)4-6)3-8(20)9(10(14,15)16)11(17,18)19/h1-2,4,8-9,20H,3H2. The summed E-state index contributed by atoms with van der Waals surface area (Å²) in [6.45, 7) is 0. The summed E-state index contributed by atoms with van der Waals surface area (Å²) in [4.78, 5) is 0. The largest absolute Gasteiger partial charge is 0.403 e. The summed E-state index contributed by atoms with van der Waals surface area (Å²) in [5.74, 6) is -3.81. The van der Waals surface area contributed by atoms with Crippen LogP contribution in [0.2, 0.25) is 5.02 Å². The lowest BCUT2D eigenvalue weighted by molar-refractivity contribution is -0.305. The van der Waals surface area contributed by atoms with Gasteiger partial charge < -0.3 is 5.11 Å². The molecule has 1 atom stereocenters. The zero-order valence-corrected chi connectivity index (χ0v) is 11.9. The smallest absolute Gasteiger partial charge is 0.392 e. The minimum atomic E-state index is -5.58. The molecule has 1 rings (SSSR count). The molecule has 0 aliphatic carbocycles. The molecule has 0 aliphatic heterocycles. The van der Waals surface area contributed by atoms with Crippen LogP contribution in [0.15, 0.2) is 22.7 Å². The Morgan fingerprint density at radius 1 is 1.10 bits per heavy atom. The molecule has 1 N–H and O–H groups in total. The van der Waals surface area contributed by atoms with Crippen molar-refractivity contribution in [2.75, 3.05) is 0 Å². The van der Waals surface area contributed by atoms with Gasteiger partial charge in [-0.3, -0.25) is 0 Å². The SMILES string of the molecule is OC(Cc1ccc(Br)cc1Cl)C(C(F)(F)F)C(F)(F)F. The number of hydrogen-bond donors (Lipinski definition) is 1. The van der Waals surface area contributed by atoms with Gasteiger partial charge in [-0.15, -0.1) is 0 Å². The van der Waals surface area contributed by atoms with Crippen LogP contribution in [0.1, 0.15) is 5.56 Å². The number of alkyl halides is 6. The van der Waals surface area contributed by atoms with Crippen LogP contribution in [0.25, 0.3) is 0 Å². The Hall–Kier alpha value is -0.470. The molecule has 0 fully saturated rings. The molecule has 9 heteroatoms. The van der Waals surface area contributed by atoms with Gasteiger partial charge in [0.1, 0.15) is 0 Å². The van der Waals surface area contributed by atoms with Crippen LogP contribution >= 0.6 is 27.5 Å². The van der Waals surface area contributed by atoms with E-state index in [1.807, 2.05) is 0 Å². The number of aliphatic hydroxyl groups is 1. The van der Waals surface area contributed by atoms with Crippen molar-refractivity contribution in [3.63, 3.8) is 0 Å². The van der Waals surface area contributed by atoms with Crippen molar-refractivity contribution < 1.29 is 31.4 Å². The van der Waals surface area contributed by atoms with Gasteiger partial charge in [0.05, 0.1) is 6.10 Å². The second-order valence-electron chi connectivity index (χ2n) is 4.07. The second kappa shape index (κ2) is 6.11. The maximum Gasteiger partial charge on any atom is 0.403 e. The van der Waals surface area contributed by atoms with Crippen LogP contribution < -0.4 is 0 Å². The van der Waals surface area contributed by atoms with E-state index in [9.17, 15) is 31.4 Å². The van der Waals surface area contributed by atoms with Gasteiger partial charge in [-0.1, -0.05) is 33.6 Å². The van der Waals surface area contributed by atoms with E-state index in [1.165, 1.54) is 18.2 Å². The predicted molar refractivity (Wildman–Crippen MR) is 64.5 cm³/mol. The molecule has 114 valence electrons. The highest BCUT2D eigenvalue weighted by molar-refractivity contribution is 9.10. The topological polar surface area (TPSA) is 20.2 Å². The highest BCUT2D eigenvalue weighted by atomic mass is 79.9. The first kappa shape index (κ1) is 17.6. The lowest BCUT2D eigenvalue weighted by atomic mass is 9.95. The van der Waals surface area contributed by atoms with E-state index < -0.39 is 30.8 Å². The predicted octanol–water partition coefficient (Wildman–Crippen LogP) is 4.75. The summed E-state index contributed by atoms with van der Waals surface area (Å²) in [6, 6.07) is 3.98. The van der Waals surface area contributed by atoms with E-state index in [-0.39, 0.29) is 10.6 Å². The Balaban J connectivity index is 3.00. The zero-order valence-electron chi connectivity index (χ0n) is 9.56. The van der Waals surface area contributed by atoms with Crippen molar-refractivity contribution in [3.8, 4) is 0 Å². The van der Waals surface area contributed by atoms with Crippen molar-refractivity contribution in [2.45, 2.75) is 24.9 Å². The van der Waals surface area contributed by atoms with Gasteiger partial charge in [-0.2, -0.15) is 26.3 Å². The summed E-state index contributed by atoms with van der Waals surface area (Å²) in [7, 11) is 0. The Morgan fingerprint density at radius 2 is 1.60 bits per heavy atom. The van der Waals surface area contributed by atoms with Gasteiger partial charge in [0.2, 0.25) is 0 Å². The van der Waals surface area contributed by atoms with E-state index in [1.54, 1.807) is 0 Å². The maximum absolute atomic E-state index is 12.4. The number of aliphatic hydroxyl groups excluding tert-OH is 1. The van der Waals surface area contributed by atoms with Crippen LogP contribution in [0.5, 0.6) is 0 Å². The fraction of sp³-hybridized carbons (Fsp3) is 0.455. The lowest BCUT2D eigenvalue weighted by Gasteiger charge is -2.27. The van der Waals surface area contributed by atoms with Gasteiger partial charge in [0.15, 0.2) is 5.92 Å². The molecule has 20 heavy (non-hydrogen) atoms. The molecule has 0 bridgehead atoms. The van der Waals surface area contributed by atoms with Crippen LogP contribution in [0.4, 0.5) is 26.3 Å². The molecule has 1 nitrogen and oxygen atoms in total. The number of hydrogen-bond acceptors (Lipinski definition) is 1. The Bertz CT molecular complexity index is 459. The highest BCUT2D eigenvalue weighted by Gasteiger charge is 2.60. The molecule has 1 unspecified atom stereocenters. The van der Waals surface area contributed by atoms with E-state index >= 15 is 0 Å². The van der Waals surface area contributed by atoms with Gasteiger partial charge in [-0.05, 0) is 17.7 Å². The lowest BCUT2D eigenvalue weighted by Crippen LogP contribution is -2.45. The van der Waals surface area contributed by atoms with E-state index in [4.69, 9.17) is 11.6 Å². The molecule has 0 aliphatic rings. The molecule has 1 aromatic rings. The number of halogens is 8.